The first-order valence-electron chi connectivity index (χ1n) is 36.7. The van der Waals surface area contributed by atoms with Gasteiger partial charge in [0, 0.05) is 134 Å². The smallest absolute Gasteiger partial charge is 0.189 e. The lowest BCUT2D eigenvalue weighted by atomic mass is 9.85. The summed E-state index contributed by atoms with van der Waals surface area (Å²) in [5.41, 5.74) is 49.0. The van der Waals surface area contributed by atoms with Gasteiger partial charge in [0.15, 0.2) is 5.43 Å². The quantitative estimate of drug-likeness (QED) is 0.0668. The zero-order chi connectivity index (χ0) is 78.4. The molecule has 0 atom stereocenters. The van der Waals surface area contributed by atoms with Gasteiger partial charge in [0.1, 0.15) is 58.2 Å². The van der Waals surface area contributed by atoms with Crippen LogP contribution >= 0.6 is 0 Å². The Balaban J connectivity index is 0.000000108. The van der Waals surface area contributed by atoms with E-state index < -0.39 is 0 Å². The number of aromatic amines is 2. The van der Waals surface area contributed by atoms with E-state index in [0.717, 1.165) is 111 Å². The maximum atomic E-state index is 12.1. The molecule has 1 fully saturated rings. The van der Waals surface area contributed by atoms with Crippen LogP contribution in [0.2, 0.25) is 0 Å². The van der Waals surface area contributed by atoms with Gasteiger partial charge in [-0.1, -0.05) is 104 Å². The van der Waals surface area contributed by atoms with Crippen molar-refractivity contribution in [2.45, 2.75) is 38.0 Å². The molecule has 0 saturated heterocycles. The summed E-state index contributed by atoms with van der Waals surface area (Å²) in [6, 6.07) is 60.5. The van der Waals surface area contributed by atoms with E-state index in [9.17, 15) is 4.79 Å². The summed E-state index contributed by atoms with van der Waals surface area (Å²) >= 11 is 0. The number of nitrogens with zero attached hydrogens (tertiary/aromatic N) is 19. The number of hydrogen-bond acceptors (Lipinski definition) is 25. The van der Waals surface area contributed by atoms with Gasteiger partial charge in [-0.15, -0.1) is 0 Å². The molecule has 27 heteroatoms. The van der Waals surface area contributed by atoms with Crippen molar-refractivity contribution in [1.29, 1.82) is 0 Å². The summed E-state index contributed by atoms with van der Waals surface area (Å²) < 4.78 is 0. The number of aromatic nitrogens is 21. The predicted molar refractivity (Wildman–Crippen MR) is 450 cm³/mol. The first-order chi connectivity index (χ1) is 56.5. The van der Waals surface area contributed by atoms with Crippen LogP contribution < -0.4 is 34.1 Å². The lowest BCUT2D eigenvalue weighted by Gasteiger charge is -2.23. The molecule has 13 heterocycles. The number of anilines is 5. The molecule has 0 unspecified atom stereocenters. The zero-order valence-corrected chi connectivity index (χ0v) is 61.5. The summed E-state index contributed by atoms with van der Waals surface area (Å²) in [5, 5.41) is 11.7. The normalized spacial score (nSPS) is 11.8. The number of rotatable bonds is 10. The van der Waals surface area contributed by atoms with Crippen molar-refractivity contribution in [2.24, 2.45) is 0 Å². The average Bonchev–Trinajstić information content (AvgIpc) is 1.76. The van der Waals surface area contributed by atoms with Gasteiger partial charge in [-0.05, 0) is 110 Å². The number of fused-ring (bicyclic) bond motifs is 5. The van der Waals surface area contributed by atoms with Crippen molar-refractivity contribution in [3.8, 4) is 102 Å². The Bertz CT molecular complexity index is 6550. The van der Waals surface area contributed by atoms with Crippen LogP contribution in [-0.2, 0) is 0 Å². The van der Waals surface area contributed by atoms with E-state index in [2.05, 4.69) is 123 Å². The largest absolute Gasteiger partial charge is 0.382 e. The van der Waals surface area contributed by atoms with Gasteiger partial charge in [0.05, 0.1) is 110 Å². The van der Waals surface area contributed by atoms with Gasteiger partial charge in [-0.3, -0.25) is 64.7 Å². The van der Waals surface area contributed by atoms with Gasteiger partial charge in [0.25, 0.3) is 0 Å². The molecule has 0 aliphatic heterocycles. The first-order valence-corrected chi connectivity index (χ1v) is 36.7. The van der Waals surface area contributed by atoms with E-state index in [1.165, 1.54) is 50.7 Å². The van der Waals surface area contributed by atoms with E-state index in [1.807, 2.05) is 164 Å². The van der Waals surface area contributed by atoms with Crippen LogP contribution in [0.5, 0.6) is 0 Å². The van der Waals surface area contributed by atoms with Crippen LogP contribution in [0.15, 0.2) is 292 Å². The highest BCUT2D eigenvalue weighted by atomic mass is 16.1. The Morgan fingerprint density at radius 2 is 0.791 bits per heavy atom. The fourth-order valence-corrected chi connectivity index (χ4v) is 13.5. The first kappa shape index (κ1) is 73.1. The van der Waals surface area contributed by atoms with E-state index in [-0.39, 0.29) is 5.43 Å². The molecule has 12 N–H and O–H groups in total. The minimum Gasteiger partial charge on any atom is -0.382 e. The number of H-pyrrole nitrogens is 2. The van der Waals surface area contributed by atoms with Crippen molar-refractivity contribution in [3.05, 3.63) is 303 Å². The highest BCUT2D eigenvalue weighted by Gasteiger charge is 2.24. The molecule has 1 saturated carbocycles. The van der Waals surface area contributed by atoms with Crippen LogP contribution in [0.4, 0.5) is 29.1 Å². The fourth-order valence-electron chi connectivity index (χ4n) is 13.5. The van der Waals surface area contributed by atoms with Crippen LogP contribution in [0.25, 0.3) is 156 Å². The average molecular weight is 1510 g/mol. The maximum Gasteiger partial charge on any atom is 0.189 e. The van der Waals surface area contributed by atoms with Crippen LogP contribution in [0.3, 0.4) is 0 Å². The second-order valence-electron chi connectivity index (χ2n) is 26.6. The summed E-state index contributed by atoms with van der Waals surface area (Å²) in [5.74, 6) is 2.41. The summed E-state index contributed by atoms with van der Waals surface area (Å²) in [4.78, 5) is 93.9. The monoisotopic (exact) mass is 1510 g/mol. The Morgan fingerprint density at radius 3 is 1.30 bits per heavy atom. The molecular weight excluding hydrogens is 1440 g/mol. The third-order valence-corrected chi connectivity index (χ3v) is 18.9. The molecule has 1 aliphatic rings. The molecule has 1 aliphatic carbocycles. The Morgan fingerprint density at radius 1 is 0.322 bits per heavy atom. The molecule has 558 valence electrons. The molecule has 115 heavy (non-hydrogen) atoms. The molecule has 6 aromatic carbocycles. The van der Waals surface area contributed by atoms with Crippen molar-refractivity contribution in [2.75, 3.05) is 28.7 Å². The van der Waals surface area contributed by atoms with Crippen molar-refractivity contribution in [3.63, 3.8) is 0 Å². The number of nitrogens with two attached hydrogens (primary N) is 5. The molecule has 20 rings (SSSR count). The van der Waals surface area contributed by atoms with Crippen molar-refractivity contribution in [1.82, 2.24) is 105 Å². The predicted octanol–water partition coefficient (Wildman–Crippen LogP) is 15.7. The van der Waals surface area contributed by atoms with Crippen LogP contribution in [0.1, 0.15) is 43.7 Å². The highest BCUT2D eigenvalue weighted by Crippen LogP contribution is 2.39. The lowest BCUT2D eigenvalue weighted by molar-refractivity contribution is 0.437. The second kappa shape index (κ2) is 33.8. The summed E-state index contributed by atoms with van der Waals surface area (Å²) in [6.07, 6.45) is 32.6. The minimum absolute atomic E-state index is 0.0322. The van der Waals surface area contributed by atoms with Gasteiger partial charge < -0.3 is 33.7 Å². The minimum atomic E-state index is -0.0322. The number of nitrogens with one attached hydrogen (secondary N) is 2. The number of benzene rings is 6. The Labute approximate surface area is 656 Å². The van der Waals surface area contributed by atoms with Crippen molar-refractivity contribution >= 4 is 83.6 Å². The molecule has 0 radical (unpaired) electrons. The topological polar surface area (TPSA) is 424 Å². The third-order valence-electron chi connectivity index (χ3n) is 18.9. The van der Waals surface area contributed by atoms with E-state index in [0.29, 0.717) is 85.9 Å². The van der Waals surface area contributed by atoms with E-state index in [1.54, 1.807) is 86.6 Å². The highest BCUT2D eigenvalue weighted by molar-refractivity contribution is 5.92. The van der Waals surface area contributed by atoms with Gasteiger partial charge in [-0.2, -0.15) is 5.10 Å². The summed E-state index contributed by atoms with van der Waals surface area (Å²) in [7, 11) is 0. The molecule has 0 amide bonds. The third kappa shape index (κ3) is 16.9. The number of hydrogen-bond donors (Lipinski definition) is 7. The Kier molecular flexibility index (Phi) is 21.5. The van der Waals surface area contributed by atoms with Crippen molar-refractivity contribution < 1.29 is 0 Å². The van der Waals surface area contributed by atoms with Crippen LogP contribution in [0, 0.1) is 0 Å². The molecule has 0 bridgehead atoms. The van der Waals surface area contributed by atoms with E-state index >= 15 is 0 Å². The fraction of sp³-hybridized carbons (Fsp3) is 0.0682. The molecule has 19 aromatic rings. The molecule has 13 aromatic heterocycles. The molecule has 27 nitrogen and oxygen atoms in total. The standard InChI is InChI=1S/C19H14N4O.C19H20N4.2C17H12N6.C16H12N6/c20-17-11-22-18(19(23-17)12-4-2-1-3-5-12)13-6-7-15-14(10-13)16(24)8-9-21-15;20-17-12-22-18(19(23-17)13-5-2-1-3-6-13)15-8-9-16-14(11-15)7-4-10-21-16;18-15-9-21-16(17(23-15)14-5-7-19-10-22-14)12-3-4-13-11(8-12)2-1-6-20-13;18-15-10-22-16(17(23-15)14-9-19-6-7-21-14)12-3-4-13-11(8-12)2-1-5-20-13;17-14-9-19-15(16(21-14)13-5-7-20-22-13)11-3-4-12-10(8-11)2-1-6-18-12/h1-11H,(H2,20,23)(H,21,24);4,7-13H,1-3,5-6H2,(H2,20,23);2*1-10H,(H2,18,23);1-9H,(H2,17,21)(H,20,22). The number of pyridine rings is 5. The summed E-state index contributed by atoms with van der Waals surface area (Å²) in [6.45, 7) is 0. The molecule has 0 spiro atoms. The maximum absolute atomic E-state index is 12.1. The lowest BCUT2D eigenvalue weighted by Crippen LogP contribution is -2.10. The second-order valence-corrected chi connectivity index (χ2v) is 26.6. The Hall–Kier alpha value is -16.1. The van der Waals surface area contributed by atoms with Gasteiger partial charge in [-0.25, -0.2) is 34.9 Å². The van der Waals surface area contributed by atoms with Gasteiger partial charge in [0.2, 0.25) is 0 Å². The SMILES string of the molecule is Nc1cnc(-c2ccc3[nH]ccc(=O)c3c2)c(-c2ccccc2)n1.Nc1cnc(-c2ccc3ncccc3c2)c(-c2ccn[nH]2)n1.Nc1cnc(-c2ccc3ncccc3c2)c(-c2ccncn2)n1.Nc1cnc(-c2ccc3ncccc3c2)c(-c2cnccn2)n1.Nc1cnc(-c2ccc3ncccc3c2)c(C2CCCCC2)n1. The molecular formula is C88H70N26O. The van der Waals surface area contributed by atoms with Gasteiger partial charge >= 0.3 is 0 Å². The zero-order valence-electron chi connectivity index (χ0n) is 61.5. The number of nitrogen functional groups attached to an aromatic ring is 5. The van der Waals surface area contributed by atoms with E-state index in [4.69, 9.17) is 28.7 Å². The van der Waals surface area contributed by atoms with Crippen LogP contribution in [-0.4, -0.2) is 105 Å².